The molecule has 1 aromatic rings. The van der Waals surface area contributed by atoms with Gasteiger partial charge in [-0.3, -0.25) is 9.59 Å². The summed E-state index contributed by atoms with van der Waals surface area (Å²) < 4.78 is 31.6. The minimum absolute atomic E-state index is 0.0150. The van der Waals surface area contributed by atoms with Gasteiger partial charge in [-0.2, -0.15) is 0 Å². The molecular weight excluding hydrogens is 370 g/mol. The molecule has 1 N–H and O–H groups in total. The van der Waals surface area contributed by atoms with Gasteiger partial charge in [-0.1, -0.05) is 18.2 Å². The molecule has 7 nitrogen and oxygen atoms in total. The normalized spacial score (nSPS) is 33.2. The van der Waals surface area contributed by atoms with Crippen LogP contribution in [0.15, 0.2) is 35.2 Å². The number of hydrogen-bond acceptors (Lipinski definition) is 5. The fourth-order valence-electron chi connectivity index (χ4n) is 4.62. The Labute approximate surface area is 158 Å². The fraction of sp³-hybridized carbons (Fsp3) is 0.579. The summed E-state index contributed by atoms with van der Waals surface area (Å²) >= 11 is 0. The lowest BCUT2D eigenvalue weighted by Crippen LogP contribution is -2.49. The van der Waals surface area contributed by atoms with E-state index in [0.717, 1.165) is 12.8 Å². The Bertz CT molecular complexity index is 827. The molecule has 0 radical (unpaired) electrons. The molecule has 5 atom stereocenters. The first kappa shape index (κ1) is 18.4. The topological polar surface area (TPSA) is 101 Å². The van der Waals surface area contributed by atoms with Crippen LogP contribution in [0.5, 0.6) is 0 Å². The molecule has 2 bridgehead atoms. The molecule has 4 rings (SSSR count). The Hall–Kier alpha value is -1.93. The van der Waals surface area contributed by atoms with Gasteiger partial charge in [0.2, 0.25) is 5.91 Å². The number of benzene rings is 1. The second kappa shape index (κ2) is 6.91. The van der Waals surface area contributed by atoms with Crippen LogP contribution in [0.4, 0.5) is 0 Å². The highest BCUT2D eigenvalue weighted by Crippen LogP contribution is 2.40. The molecule has 2 aliphatic heterocycles. The number of ether oxygens (including phenoxy) is 1. The first-order chi connectivity index (χ1) is 12.9. The van der Waals surface area contributed by atoms with Crippen molar-refractivity contribution in [1.82, 2.24) is 4.90 Å². The largest absolute Gasteiger partial charge is 0.481 e. The number of carboxylic acid groups (broad SMARTS) is 1. The number of carbonyl (C=O) groups is 2. The van der Waals surface area contributed by atoms with E-state index < -0.39 is 32.9 Å². The number of nitrogens with zero attached hydrogens (tertiary/aromatic N) is 1. The number of sulfone groups is 1. The van der Waals surface area contributed by atoms with E-state index in [1.165, 1.54) is 12.1 Å². The Morgan fingerprint density at radius 2 is 1.59 bits per heavy atom. The van der Waals surface area contributed by atoms with Gasteiger partial charge in [-0.15, -0.1) is 0 Å². The second-order valence-electron chi connectivity index (χ2n) is 7.70. The maximum atomic E-state index is 13.1. The van der Waals surface area contributed by atoms with Crippen molar-refractivity contribution >= 4 is 21.7 Å². The summed E-state index contributed by atoms with van der Waals surface area (Å²) in [6, 6.07) is 8.04. The van der Waals surface area contributed by atoms with E-state index in [1.807, 2.05) is 0 Å². The average molecular weight is 393 g/mol. The zero-order valence-electron chi connectivity index (χ0n) is 14.9. The average Bonchev–Trinajstić information content (AvgIpc) is 3.26. The molecule has 2 saturated heterocycles. The summed E-state index contributed by atoms with van der Waals surface area (Å²) in [6.07, 6.45) is 1.88. The number of rotatable bonds is 4. The van der Waals surface area contributed by atoms with Gasteiger partial charge in [0.15, 0.2) is 9.84 Å². The Kier molecular flexibility index (Phi) is 4.71. The number of carboxylic acids is 1. The highest BCUT2D eigenvalue weighted by Gasteiger charge is 2.50. The number of aliphatic carboxylic acids is 1. The number of fused-ring (bicyclic) bond motifs is 2. The van der Waals surface area contributed by atoms with Crippen LogP contribution in [0.2, 0.25) is 0 Å². The molecule has 146 valence electrons. The quantitative estimate of drug-likeness (QED) is 0.828. The van der Waals surface area contributed by atoms with Gasteiger partial charge in [-0.25, -0.2) is 8.42 Å². The van der Waals surface area contributed by atoms with Crippen molar-refractivity contribution in [3.05, 3.63) is 30.3 Å². The number of carbonyl (C=O) groups excluding carboxylic acids is 1. The molecule has 1 aromatic carbocycles. The lowest BCUT2D eigenvalue weighted by molar-refractivity contribution is -0.153. The monoisotopic (exact) mass is 393 g/mol. The summed E-state index contributed by atoms with van der Waals surface area (Å²) in [5.41, 5.74) is 0. The van der Waals surface area contributed by atoms with E-state index in [1.54, 1.807) is 23.1 Å². The van der Waals surface area contributed by atoms with E-state index in [4.69, 9.17) is 4.74 Å². The number of hydrogen-bond donors (Lipinski definition) is 1. The SMILES string of the molecule is O=C(O)[C@@H]1C[C@H](S(=O)(=O)c2ccccc2)C[C@H]1C(=O)N1C[C@H]2CC[C@@H](C1)O2. The minimum atomic E-state index is -3.67. The smallest absolute Gasteiger partial charge is 0.307 e. The molecule has 2 heterocycles. The zero-order valence-corrected chi connectivity index (χ0v) is 15.7. The molecule has 3 fully saturated rings. The van der Waals surface area contributed by atoms with E-state index >= 15 is 0 Å². The Morgan fingerprint density at radius 3 is 2.19 bits per heavy atom. The molecule has 1 saturated carbocycles. The van der Waals surface area contributed by atoms with Crippen molar-refractivity contribution in [2.45, 2.75) is 48.0 Å². The summed E-state index contributed by atoms with van der Waals surface area (Å²) in [4.78, 5) is 26.7. The number of amides is 1. The summed E-state index contributed by atoms with van der Waals surface area (Å²) in [6.45, 7) is 0.933. The van der Waals surface area contributed by atoms with Crippen molar-refractivity contribution in [3.8, 4) is 0 Å². The van der Waals surface area contributed by atoms with Gasteiger partial charge in [0.1, 0.15) is 0 Å². The molecule has 1 amide bonds. The highest BCUT2D eigenvalue weighted by atomic mass is 32.2. The third-order valence-corrected chi connectivity index (χ3v) is 8.21. The molecule has 3 aliphatic rings. The van der Waals surface area contributed by atoms with Crippen LogP contribution in [0, 0.1) is 11.8 Å². The number of likely N-dealkylation sites (tertiary alicyclic amines) is 1. The molecule has 0 unspecified atom stereocenters. The van der Waals surface area contributed by atoms with Crippen LogP contribution in [-0.2, 0) is 24.2 Å². The zero-order chi connectivity index (χ0) is 19.2. The van der Waals surface area contributed by atoms with Gasteiger partial charge < -0.3 is 14.7 Å². The van der Waals surface area contributed by atoms with Crippen LogP contribution >= 0.6 is 0 Å². The van der Waals surface area contributed by atoms with Gasteiger partial charge >= 0.3 is 5.97 Å². The first-order valence-electron chi connectivity index (χ1n) is 9.32. The lowest BCUT2D eigenvalue weighted by atomic mass is 9.94. The van der Waals surface area contributed by atoms with E-state index in [-0.39, 0.29) is 35.9 Å². The Balaban J connectivity index is 1.56. The third-order valence-electron chi connectivity index (χ3n) is 6.02. The van der Waals surface area contributed by atoms with Gasteiger partial charge in [0, 0.05) is 13.1 Å². The first-order valence-corrected chi connectivity index (χ1v) is 10.9. The molecule has 8 heteroatoms. The molecular formula is C19H23NO6S. The maximum absolute atomic E-state index is 13.1. The Morgan fingerprint density at radius 1 is 1.00 bits per heavy atom. The molecule has 0 spiro atoms. The predicted molar refractivity (Wildman–Crippen MR) is 95.7 cm³/mol. The summed E-state index contributed by atoms with van der Waals surface area (Å²) in [7, 11) is -3.67. The van der Waals surface area contributed by atoms with Crippen molar-refractivity contribution in [1.29, 1.82) is 0 Å². The van der Waals surface area contributed by atoms with Gasteiger partial charge in [0.25, 0.3) is 0 Å². The maximum Gasteiger partial charge on any atom is 0.307 e. The van der Waals surface area contributed by atoms with Crippen LogP contribution in [0.1, 0.15) is 25.7 Å². The van der Waals surface area contributed by atoms with Gasteiger partial charge in [0.05, 0.1) is 34.2 Å². The molecule has 0 aromatic heterocycles. The van der Waals surface area contributed by atoms with E-state index in [9.17, 15) is 23.1 Å². The van der Waals surface area contributed by atoms with Crippen molar-refractivity contribution in [2.24, 2.45) is 11.8 Å². The number of morpholine rings is 1. The standard InChI is InChI=1S/C19H23NO6S/c21-18(20-10-12-6-7-13(11-20)26-12)16-8-15(9-17(16)19(22)23)27(24,25)14-4-2-1-3-5-14/h1-5,12-13,15-17H,6-11H2,(H,22,23)/t12-,13+,15-,16-,17-/m1/s1. The van der Waals surface area contributed by atoms with E-state index in [0.29, 0.717) is 13.1 Å². The van der Waals surface area contributed by atoms with Crippen molar-refractivity contribution in [2.75, 3.05) is 13.1 Å². The highest BCUT2D eigenvalue weighted by molar-refractivity contribution is 7.92. The predicted octanol–water partition coefficient (Wildman–Crippen LogP) is 1.33. The van der Waals surface area contributed by atoms with Crippen LogP contribution in [0.3, 0.4) is 0 Å². The van der Waals surface area contributed by atoms with Gasteiger partial charge in [-0.05, 0) is 37.8 Å². The lowest BCUT2D eigenvalue weighted by Gasteiger charge is -2.34. The third kappa shape index (κ3) is 3.36. The van der Waals surface area contributed by atoms with Crippen LogP contribution < -0.4 is 0 Å². The van der Waals surface area contributed by atoms with Crippen LogP contribution in [-0.4, -0.2) is 60.8 Å². The van der Waals surface area contributed by atoms with Crippen LogP contribution in [0.25, 0.3) is 0 Å². The molecule has 1 aliphatic carbocycles. The summed E-state index contributed by atoms with van der Waals surface area (Å²) in [5.74, 6) is -3.12. The molecule has 27 heavy (non-hydrogen) atoms. The van der Waals surface area contributed by atoms with Crippen molar-refractivity contribution in [3.63, 3.8) is 0 Å². The minimum Gasteiger partial charge on any atom is -0.481 e. The fourth-order valence-corrected chi connectivity index (χ4v) is 6.47. The van der Waals surface area contributed by atoms with E-state index in [2.05, 4.69) is 0 Å². The second-order valence-corrected chi connectivity index (χ2v) is 9.93. The van der Waals surface area contributed by atoms with Crippen molar-refractivity contribution < 1.29 is 27.9 Å². The summed E-state index contributed by atoms with van der Waals surface area (Å²) in [5, 5.41) is 8.76.